The highest BCUT2D eigenvalue weighted by Gasteiger charge is 2.57. The molecule has 0 amide bonds. The summed E-state index contributed by atoms with van der Waals surface area (Å²) in [4.78, 5) is 45.0. The van der Waals surface area contributed by atoms with Gasteiger partial charge in [-0.05, 0) is 19.3 Å². The van der Waals surface area contributed by atoms with E-state index in [0.717, 1.165) is 0 Å². The minimum Gasteiger partial charge on any atom is -0.481 e. The fourth-order valence-electron chi connectivity index (χ4n) is 2.97. The molecule has 1 aliphatic rings. The van der Waals surface area contributed by atoms with Crippen molar-refractivity contribution in [3.05, 3.63) is 0 Å². The first-order valence-corrected chi connectivity index (χ1v) is 6.09. The minimum absolute atomic E-state index is 0.0740. The van der Waals surface area contributed by atoms with Crippen molar-refractivity contribution in [2.45, 2.75) is 26.2 Å². The van der Waals surface area contributed by atoms with Crippen LogP contribution in [0.5, 0.6) is 0 Å². The lowest BCUT2D eigenvalue weighted by Crippen LogP contribution is -2.52. The Balaban J connectivity index is 3.31. The van der Waals surface area contributed by atoms with Crippen LogP contribution in [0.15, 0.2) is 0 Å². The SMILES string of the molecule is CCC1(C(=O)O)CC(C(=O)O)C(C(=O)O)CC1C(=O)O. The summed E-state index contributed by atoms with van der Waals surface area (Å²) in [7, 11) is 0. The molecule has 8 heteroatoms. The molecular formula is C12H16O8. The van der Waals surface area contributed by atoms with Crippen LogP contribution in [-0.2, 0) is 19.2 Å². The first-order chi connectivity index (χ1) is 9.17. The molecular weight excluding hydrogens is 272 g/mol. The Bertz CT molecular complexity index is 456. The molecule has 20 heavy (non-hydrogen) atoms. The van der Waals surface area contributed by atoms with Gasteiger partial charge in [0.25, 0.3) is 0 Å². The molecule has 1 rings (SSSR count). The lowest BCUT2D eigenvalue weighted by atomic mass is 9.58. The standard InChI is InChI=1S/C12H16O8/c1-2-12(11(19)20)4-6(9(15)16)5(8(13)14)3-7(12)10(17)18/h5-7H,2-4H2,1H3,(H,13,14)(H,15,16)(H,17,18)(H,19,20). The third kappa shape index (κ3) is 2.45. The van der Waals surface area contributed by atoms with Gasteiger partial charge in [-0.3, -0.25) is 19.2 Å². The largest absolute Gasteiger partial charge is 0.481 e. The Morgan fingerprint density at radius 1 is 0.950 bits per heavy atom. The Kier molecular flexibility index (Phi) is 4.36. The summed E-state index contributed by atoms with van der Waals surface area (Å²) in [6.45, 7) is 1.46. The topological polar surface area (TPSA) is 149 Å². The minimum atomic E-state index is -1.75. The van der Waals surface area contributed by atoms with Gasteiger partial charge in [-0.2, -0.15) is 0 Å². The molecule has 1 aliphatic carbocycles. The molecule has 0 heterocycles. The zero-order valence-electron chi connectivity index (χ0n) is 10.8. The highest BCUT2D eigenvalue weighted by atomic mass is 16.4. The zero-order valence-corrected chi connectivity index (χ0v) is 10.8. The van der Waals surface area contributed by atoms with E-state index in [-0.39, 0.29) is 6.42 Å². The van der Waals surface area contributed by atoms with Gasteiger partial charge in [-0.1, -0.05) is 6.92 Å². The zero-order chi connectivity index (χ0) is 15.7. The molecule has 0 aromatic rings. The summed E-state index contributed by atoms with van der Waals surface area (Å²) in [5.41, 5.74) is -1.75. The molecule has 1 fully saturated rings. The van der Waals surface area contributed by atoms with Crippen molar-refractivity contribution in [2.24, 2.45) is 23.2 Å². The van der Waals surface area contributed by atoms with Crippen molar-refractivity contribution in [2.75, 3.05) is 0 Å². The van der Waals surface area contributed by atoms with Crippen molar-refractivity contribution in [3.8, 4) is 0 Å². The van der Waals surface area contributed by atoms with Crippen LogP contribution in [0.2, 0.25) is 0 Å². The summed E-state index contributed by atoms with van der Waals surface area (Å²) in [6.07, 6.45) is -1.07. The molecule has 4 N–H and O–H groups in total. The molecule has 0 aromatic heterocycles. The van der Waals surface area contributed by atoms with E-state index in [9.17, 15) is 29.4 Å². The van der Waals surface area contributed by atoms with E-state index in [2.05, 4.69) is 0 Å². The maximum atomic E-state index is 11.5. The van der Waals surface area contributed by atoms with Gasteiger partial charge in [0.05, 0.1) is 23.2 Å². The first-order valence-electron chi connectivity index (χ1n) is 6.09. The lowest BCUT2D eigenvalue weighted by Gasteiger charge is -2.42. The van der Waals surface area contributed by atoms with E-state index >= 15 is 0 Å². The maximum absolute atomic E-state index is 11.5. The predicted octanol–water partition coefficient (Wildman–Crippen LogP) is 0.364. The van der Waals surface area contributed by atoms with Crippen molar-refractivity contribution in [1.29, 1.82) is 0 Å². The Morgan fingerprint density at radius 2 is 1.45 bits per heavy atom. The third-order valence-electron chi connectivity index (χ3n) is 4.22. The number of carboxylic acids is 4. The van der Waals surface area contributed by atoms with Crippen molar-refractivity contribution in [1.82, 2.24) is 0 Å². The highest BCUT2D eigenvalue weighted by molar-refractivity contribution is 5.88. The molecule has 0 radical (unpaired) electrons. The van der Waals surface area contributed by atoms with E-state index in [4.69, 9.17) is 10.2 Å². The molecule has 0 spiro atoms. The molecule has 0 aromatic carbocycles. The van der Waals surface area contributed by atoms with Gasteiger partial charge in [-0.15, -0.1) is 0 Å². The number of carbonyl (C=O) groups is 4. The van der Waals surface area contributed by atoms with Gasteiger partial charge in [0.15, 0.2) is 0 Å². The number of hydrogen-bond acceptors (Lipinski definition) is 4. The maximum Gasteiger partial charge on any atom is 0.310 e. The number of rotatable bonds is 5. The lowest BCUT2D eigenvalue weighted by molar-refractivity contribution is -0.178. The monoisotopic (exact) mass is 288 g/mol. The van der Waals surface area contributed by atoms with Crippen molar-refractivity contribution < 1.29 is 39.6 Å². The van der Waals surface area contributed by atoms with Crippen LogP contribution >= 0.6 is 0 Å². The predicted molar refractivity (Wildman–Crippen MR) is 63.0 cm³/mol. The second-order valence-electron chi connectivity index (χ2n) is 5.03. The molecule has 0 bridgehead atoms. The van der Waals surface area contributed by atoms with Crippen molar-refractivity contribution >= 4 is 23.9 Å². The van der Waals surface area contributed by atoms with E-state index in [1.54, 1.807) is 0 Å². The number of hydrogen-bond donors (Lipinski definition) is 4. The quantitative estimate of drug-likeness (QED) is 0.566. The van der Waals surface area contributed by atoms with Gasteiger partial charge in [0.2, 0.25) is 0 Å². The van der Waals surface area contributed by atoms with Gasteiger partial charge < -0.3 is 20.4 Å². The van der Waals surface area contributed by atoms with Crippen LogP contribution in [0, 0.1) is 23.2 Å². The third-order valence-corrected chi connectivity index (χ3v) is 4.22. The summed E-state index contributed by atoms with van der Waals surface area (Å²) in [5, 5.41) is 36.6. The van der Waals surface area contributed by atoms with E-state index < -0.39 is 59.9 Å². The average molecular weight is 288 g/mol. The van der Waals surface area contributed by atoms with Crippen LogP contribution in [-0.4, -0.2) is 44.3 Å². The Hall–Kier alpha value is -2.12. The molecule has 4 unspecified atom stereocenters. The molecule has 0 aliphatic heterocycles. The average Bonchev–Trinajstić information content (AvgIpc) is 2.36. The smallest absolute Gasteiger partial charge is 0.310 e. The molecule has 112 valence electrons. The summed E-state index contributed by atoms with van der Waals surface area (Å²) in [6, 6.07) is 0. The van der Waals surface area contributed by atoms with Crippen LogP contribution in [0.4, 0.5) is 0 Å². The molecule has 0 saturated heterocycles. The van der Waals surface area contributed by atoms with E-state index in [0.29, 0.717) is 0 Å². The Morgan fingerprint density at radius 3 is 1.75 bits per heavy atom. The van der Waals surface area contributed by atoms with Crippen LogP contribution < -0.4 is 0 Å². The second kappa shape index (κ2) is 5.48. The van der Waals surface area contributed by atoms with Crippen LogP contribution in [0.3, 0.4) is 0 Å². The van der Waals surface area contributed by atoms with Crippen LogP contribution in [0.25, 0.3) is 0 Å². The molecule has 8 nitrogen and oxygen atoms in total. The Labute approximate surface area is 114 Å². The van der Waals surface area contributed by atoms with Crippen LogP contribution in [0.1, 0.15) is 26.2 Å². The first kappa shape index (κ1) is 15.9. The van der Waals surface area contributed by atoms with Crippen molar-refractivity contribution in [3.63, 3.8) is 0 Å². The van der Waals surface area contributed by atoms with Gasteiger partial charge >= 0.3 is 23.9 Å². The highest BCUT2D eigenvalue weighted by Crippen LogP contribution is 2.49. The second-order valence-corrected chi connectivity index (χ2v) is 5.03. The van der Waals surface area contributed by atoms with Gasteiger partial charge in [0, 0.05) is 0 Å². The van der Waals surface area contributed by atoms with Gasteiger partial charge in [-0.25, -0.2) is 0 Å². The molecule has 1 saturated carbocycles. The fourth-order valence-corrected chi connectivity index (χ4v) is 2.97. The number of aliphatic carboxylic acids is 4. The summed E-state index contributed by atoms with van der Waals surface area (Å²) >= 11 is 0. The van der Waals surface area contributed by atoms with E-state index in [1.807, 2.05) is 0 Å². The number of carboxylic acid groups (broad SMARTS) is 4. The normalized spacial score (nSPS) is 33.4. The summed E-state index contributed by atoms with van der Waals surface area (Å²) < 4.78 is 0. The summed E-state index contributed by atoms with van der Waals surface area (Å²) in [5.74, 6) is -9.86. The van der Waals surface area contributed by atoms with E-state index in [1.165, 1.54) is 6.92 Å². The fraction of sp³-hybridized carbons (Fsp3) is 0.667. The van der Waals surface area contributed by atoms with Gasteiger partial charge in [0.1, 0.15) is 0 Å². The molecule has 4 atom stereocenters.